The standard InChI is InChI=1S/C10H9BrN2O3/c1-2-15-10-9(13(14)16-12-10)7-4-3-5-8(11)6-7/h3-6H,2H2,1H3. The van der Waals surface area contributed by atoms with E-state index in [-0.39, 0.29) is 11.6 Å². The lowest BCUT2D eigenvalue weighted by molar-refractivity contribution is -0.793. The van der Waals surface area contributed by atoms with Crippen LogP contribution >= 0.6 is 15.9 Å². The highest BCUT2D eigenvalue weighted by atomic mass is 79.9. The molecule has 1 heterocycles. The zero-order chi connectivity index (χ0) is 11.5. The molecule has 0 fully saturated rings. The third kappa shape index (κ3) is 2.01. The normalized spacial score (nSPS) is 10.4. The molecule has 0 spiro atoms. The van der Waals surface area contributed by atoms with E-state index in [0.29, 0.717) is 17.1 Å². The highest BCUT2D eigenvalue weighted by Gasteiger charge is 2.22. The Balaban J connectivity index is 2.50. The van der Waals surface area contributed by atoms with Crippen LogP contribution in [0.2, 0.25) is 0 Å². The Kier molecular flexibility index (Phi) is 3.09. The zero-order valence-electron chi connectivity index (χ0n) is 8.51. The summed E-state index contributed by atoms with van der Waals surface area (Å²) in [5.41, 5.74) is 0.970. The van der Waals surface area contributed by atoms with Crippen LogP contribution in [0.15, 0.2) is 33.4 Å². The van der Waals surface area contributed by atoms with E-state index in [1.807, 2.05) is 19.1 Å². The summed E-state index contributed by atoms with van der Waals surface area (Å²) in [7, 11) is 0. The molecule has 1 aromatic carbocycles. The van der Waals surface area contributed by atoms with Crippen molar-refractivity contribution in [2.75, 3.05) is 6.61 Å². The molecule has 0 aliphatic rings. The third-order valence-corrected chi connectivity index (χ3v) is 2.46. The van der Waals surface area contributed by atoms with Gasteiger partial charge >= 0.3 is 5.88 Å². The monoisotopic (exact) mass is 284 g/mol. The van der Waals surface area contributed by atoms with Crippen molar-refractivity contribution >= 4 is 15.9 Å². The lowest BCUT2D eigenvalue weighted by Gasteiger charge is -1.99. The van der Waals surface area contributed by atoms with Gasteiger partial charge in [-0.2, -0.15) is 0 Å². The summed E-state index contributed by atoms with van der Waals surface area (Å²) < 4.78 is 10.6. The second kappa shape index (κ2) is 4.52. The van der Waals surface area contributed by atoms with Crippen molar-refractivity contribution in [2.24, 2.45) is 0 Å². The zero-order valence-corrected chi connectivity index (χ0v) is 10.1. The average molecular weight is 285 g/mol. The quantitative estimate of drug-likeness (QED) is 0.810. The van der Waals surface area contributed by atoms with Gasteiger partial charge in [-0.1, -0.05) is 28.1 Å². The second-order valence-electron chi connectivity index (χ2n) is 3.03. The number of nitrogens with zero attached hydrogens (tertiary/aromatic N) is 2. The van der Waals surface area contributed by atoms with Crippen LogP contribution in [-0.2, 0) is 0 Å². The molecule has 1 aromatic heterocycles. The van der Waals surface area contributed by atoms with Gasteiger partial charge in [0.25, 0.3) is 5.69 Å². The molecule has 5 nitrogen and oxygen atoms in total. The lowest BCUT2D eigenvalue weighted by Crippen LogP contribution is -2.25. The Labute approximate surface area is 100 Å². The first-order valence-electron chi connectivity index (χ1n) is 4.71. The van der Waals surface area contributed by atoms with E-state index in [0.717, 1.165) is 4.47 Å². The minimum absolute atomic E-state index is 0.204. The van der Waals surface area contributed by atoms with Crippen molar-refractivity contribution in [3.63, 3.8) is 0 Å². The molecule has 0 N–H and O–H groups in total. The molecule has 2 rings (SSSR count). The SMILES string of the molecule is CCOc1no[n+]([O-])c1-c1cccc(Br)c1. The van der Waals surface area contributed by atoms with E-state index < -0.39 is 0 Å². The van der Waals surface area contributed by atoms with Gasteiger partial charge in [0.15, 0.2) is 0 Å². The molecule has 0 unspecified atom stereocenters. The van der Waals surface area contributed by atoms with E-state index >= 15 is 0 Å². The van der Waals surface area contributed by atoms with E-state index in [2.05, 4.69) is 25.7 Å². The number of hydrogen-bond acceptors (Lipinski definition) is 4. The minimum Gasteiger partial charge on any atom is -0.455 e. The van der Waals surface area contributed by atoms with E-state index in [1.54, 1.807) is 12.1 Å². The molecule has 0 amide bonds. The number of hydrogen-bond donors (Lipinski definition) is 0. The van der Waals surface area contributed by atoms with Crippen molar-refractivity contribution < 1.29 is 14.3 Å². The number of aromatic nitrogens is 2. The van der Waals surface area contributed by atoms with E-state index in [4.69, 9.17) is 4.74 Å². The van der Waals surface area contributed by atoms with Gasteiger partial charge in [0.05, 0.1) is 11.8 Å². The summed E-state index contributed by atoms with van der Waals surface area (Å²) >= 11 is 3.33. The molecule has 0 saturated heterocycles. The van der Waals surface area contributed by atoms with Gasteiger partial charge < -0.3 is 9.94 Å². The topological polar surface area (TPSA) is 62.2 Å². The van der Waals surface area contributed by atoms with Gasteiger partial charge in [-0.25, -0.2) is 0 Å². The smallest absolute Gasteiger partial charge is 0.402 e. The maximum Gasteiger partial charge on any atom is 0.402 e. The first-order chi connectivity index (χ1) is 7.72. The van der Waals surface area contributed by atoms with Gasteiger partial charge in [-0.05, 0) is 24.0 Å². The fourth-order valence-electron chi connectivity index (χ4n) is 1.33. The van der Waals surface area contributed by atoms with Crippen molar-refractivity contribution in [1.29, 1.82) is 0 Å². The maximum atomic E-state index is 11.4. The number of ether oxygens (including phenoxy) is 1. The summed E-state index contributed by atoms with van der Waals surface area (Å²) in [6.45, 7) is 2.24. The molecule has 0 aliphatic carbocycles. The Hall–Kier alpha value is -1.56. The summed E-state index contributed by atoms with van der Waals surface area (Å²) in [6, 6.07) is 7.27. The van der Waals surface area contributed by atoms with Crippen LogP contribution in [0.25, 0.3) is 11.3 Å². The predicted molar refractivity (Wildman–Crippen MR) is 59.8 cm³/mol. The van der Waals surface area contributed by atoms with Crippen LogP contribution in [-0.4, -0.2) is 11.8 Å². The average Bonchev–Trinajstić information content (AvgIpc) is 2.60. The van der Waals surface area contributed by atoms with Gasteiger partial charge in [-0.15, -0.1) is 0 Å². The molecule has 0 atom stereocenters. The first kappa shape index (κ1) is 10.9. The highest BCUT2D eigenvalue weighted by Crippen LogP contribution is 2.26. The fraction of sp³-hybridized carbons (Fsp3) is 0.200. The van der Waals surface area contributed by atoms with E-state index in [9.17, 15) is 5.21 Å². The van der Waals surface area contributed by atoms with Crippen molar-refractivity contribution in [3.05, 3.63) is 33.9 Å². The second-order valence-corrected chi connectivity index (χ2v) is 3.94. The Bertz CT molecular complexity index is 499. The molecule has 0 radical (unpaired) electrons. The molecular formula is C10H9BrN2O3. The summed E-state index contributed by atoms with van der Waals surface area (Å²) in [6.07, 6.45) is 0. The van der Waals surface area contributed by atoms with Crippen LogP contribution in [0.1, 0.15) is 6.92 Å². The third-order valence-electron chi connectivity index (χ3n) is 1.96. The van der Waals surface area contributed by atoms with Crippen LogP contribution in [0.4, 0.5) is 0 Å². The van der Waals surface area contributed by atoms with Gasteiger partial charge in [0.2, 0.25) is 0 Å². The van der Waals surface area contributed by atoms with Crippen LogP contribution in [0.3, 0.4) is 0 Å². The van der Waals surface area contributed by atoms with Crippen molar-refractivity contribution in [1.82, 2.24) is 5.16 Å². The summed E-state index contributed by atoms with van der Waals surface area (Å²) in [5, 5.41) is 15.0. The number of rotatable bonds is 3. The largest absolute Gasteiger partial charge is 0.455 e. The van der Waals surface area contributed by atoms with Gasteiger partial charge in [0, 0.05) is 10.0 Å². The number of halogens is 1. The van der Waals surface area contributed by atoms with Crippen LogP contribution in [0.5, 0.6) is 5.88 Å². The highest BCUT2D eigenvalue weighted by molar-refractivity contribution is 9.10. The molecule has 84 valence electrons. The van der Waals surface area contributed by atoms with E-state index in [1.165, 1.54) is 0 Å². The molecule has 0 aliphatic heterocycles. The Morgan fingerprint density at radius 2 is 2.38 bits per heavy atom. The molecule has 6 heteroatoms. The summed E-state index contributed by atoms with van der Waals surface area (Å²) in [5.74, 6) is 0.204. The lowest BCUT2D eigenvalue weighted by atomic mass is 10.2. The summed E-state index contributed by atoms with van der Waals surface area (Å²) in [4.78, 5) is 0.340. The fourth-order valence-corrected chi connectivity index (χ4v) is 1.73. The van der Waals surface area contributed by atoms with Crippen LogP contribution < -0.4 is 9.64 Å². The number of benzene rings is 1. The first-order valence-corrected chi connectivity index (χ1v) is 5.50. The maximum absolute atomic E-state index is 11.4. The molecular weight excluding hydrogens is 276 g/mol. The molecule has 0 saturated carbocycles. The van der Waals surface area contributed by atoms with Gasteiger partial charge in [0.1, 0.15) is 0 Å². The van der Waals surface area contributed by atoms with Gasteiger partial charge in [-0.3, -0.25) is 4.63 Å². The Morgan fingerprint density at radius 1 is 1.56 bits per heavy atom. The Morgan fingerprint density at radius 3 is 3.06 bits per heavy atom. The predicted octanol–water partition coefficient (Wildman–Crippen LogP) is 2.14. The minimum atomic E-state index is 0.204. The molecule has 16 heavy (non-hydrogen) atoms. The molecule has 2 aromatic rings. The van der Waals surface area contributed by atoms with Crippen LogP contribution in [0, 0.1) is 5.21 Å². The van der Waals surface area contributed by atoms with Crippen molar-refractivity contribution in [2.45, 2.75) is 6.92 Å². The van der Waals surface area contributed by atoms with Crippen molar-refractivity contribution in [3.8, 4) is 17.1 Å². The molecule has 0 bridgehead atoms.